The van der Waals surface area contributed by atoms with E-state index < -0.39 is 11.9 Å². The Bertz CT molecular complexity index is 1190. The van der Waals surface area contributed by atoms with Gasteiger partial charge in [-0.3, -0.25) is 9.59 Å². The number of hydrogen-bond acceptors (Lipinski definition) is 4. The third kappa shape index (κ3) is 7.21. The van der Waals surface area contributed by atoms with E-state index in [-0.39, 0.29) is 24.6 Å². The molecule has 0 spiro atoms. The molecule has 0 atom stereocenters. The average molecular weight is 479 g/mol. The Hall–Kier alpha value is -4.10. The third-order valence-corrected chi connectivity index (χ3v) is 5.10. The highest BCUT2D eigenvalue weighted by Gasteiger charge is 2.16. The minimum Gasteiger partial charge on any atom is -0.497 e. The minimum absolute atomic E-state index is 0.112. The zero-order chi connectivity index (χ0) is 24.5. The largest absolute Gasteiger partial charge is 0.497 e. The zero-order valence-corrected chi connectivity index (χ0v) is 19.2. The van der Waals surface area contributed by atoms with Crippen LogP contribution < -0.4 is 10.1 Å². The molecule has 174 valence electrons. The fourth-order valence-electron chi connectivity index (χ4n) is 3.12. The molecule has 3 aromatic carbocycles. The Morgan fingerprint density at radius 3 is 2.35 bits per heavy atom. The van der Waals surface area contributed by atoms with E-state index in [0.29, 0.717) is 16.5 Å². The molecular weight excluding hydrogens is 456 g/mol. The molecule has 7 nitrogen and oxygen atoms in total. The minimum atomic E-state index is -1.05. The smallest absolute Gasteiger partial charge is 0.335 e. The maximum atomic E-state index is 13.0. The molecule has 0 saturated heterocycles. The number of methoxy groups -OCH3 is 1. The van der Waals surface area contributed by atoms with E-state index in [9.17, 15) is 14.4 Å². The van der Waals surface area contributed by atoms with Crippen LogP contribution in [-0.2, 0) is 16.1 Å². The number of carbonyl (C=O) groups is 3. The first kappa shape index (κ1) is 24.5. The van der Waals surface area contributed by atoms with Crippen molar-refractivity contribution in [3.05, 3.63) is 101 Å². The molecule has 0 heterocycles. The van der Waals surface area contributed by atoms with E-state index in [4.69, 9.17) is 21.4 Å². The van der Waals surface area contributed by atoms with Crippen LogP contribution >= 0.6 is 11.6 Å². The number of nitrogens with zero attached hydrogens (tertiary/aromatic N) is 1. The summed E-state index contributed by atoms with van der Waals surface area (Å²) in [6, 6.07) is 20.1. The molecule has 0 bridgehead atoms. The molecule has 3 rings (SSSR count). The maximum Gasteiger partial charge on any atom is 0.335 e. The molecule has 2 amide bonds. The average Bonchev–Trinajstić information content (AvgIpc) is 2.83. The second-order valence-corrected chi connectivity index (χ2v) is 7.80. The SMILES string of the molecule is COc1ccc(CN(CC(=O)Nc2ccc(C(=O)O)cc2)C(=O)/C=C/c2cccc(Cl)c2)cc1. The Balaban J connectivity index is 1.74. The van der Waals surface area contributed by atoms with E-state index in [1.54, 1.807) is 43.5 Å². The summed E-state index contributed by atoms with van der Waals surface area (Å²) in [4.78, 5) is 38.1. The topological polar surface area (TPSA) is 95.9 Å². The number of anilines is 1. The van der Waals surface area contributed by atoms with Crippen LogP contribution in [0, 0.1) is 0 Å². The predicted molar refractivity (Wildman–Crippen MR) is 131 cm³/mol. The van der Waals surface area contributed by atoms with Gasteiger partial charge in [-0.15, -0.1) is 0 Å². The number of aromatic carboxylic acids is 1. The number of hydrogen-bond donors (Lipinski definition) is 2. The lowest BCUT2D eigenvalue weighted by Crippen LogP contribution is -2.36. The number of rotatable bonds is 9. The molecule has 0 aromatic heterocycles. The second kappa shape index (κ2) is 11.7. The van der Waals surface area contributed by atoms with E-state index in [0.717, 1.165) is 11.1 Å². The van der Waals surface area contributed by atoms with Gasteiger partial charge in [0.2, 0.25) is 11.8 Å². The van der Waals surface area contributed by atoms with Crippen LogP contribution in [0.25, 0.3) is 6.08 Å². The van der Waals surface area contributed by atoms with Gasteiger partial charge in [0.15, 0.2) is 0 Å². The molecule has 3 aromatic rings. The van der Waals surface area contributed by atoms with Crippen LogP contribution in [-0.4, -0.2) is 41.4 Å². The van der Waals surface area contributed by atoms with Crippen molar-refractivity contribution < 1.29 is 24.2 Å². The number of benzene rings is 3. The molecular formula is C26H23ClN2O5. The standard InChI is InChI=1S/C26H23ClN2O5/c1-34-23-12-5-19(6-13-23)16-29(25(31)14-7-18-3-2-4-21(27)15-18)17-24(30)28-22-10-8-20(9-11-22)26(32)33/h2-15H,16-17H2,1H3,(H,28,30)(H,32,33)/b14-7+. The van der Waals surface area contributed by atoms with E-state index in [1.165, 1.54) is 35.2 Å². The van der Waals surface area contributed by atoms with Gasteiger partial charge in [0, 0.05) is 23.3 Å². The quantitative estimate of drug-likeness (QED) is 0.433. The number of carboxylic acids is 1. The molecule has 0 saturated carbocycles. The lowest BCUT2D eigenvalue weighted by molar-refractivity contribution is -0.131. The Morgan fingerprint density at radius 2 is 1.74 bits per heavy atom. The molecule has 0 aliphatic rings. The predicted octanol–water partition coefficient (Wildman–Crippen LogP) is 4.73. The molecule has 0 radical (unpaired) electrons. The summed E-state index contributed by atoms with van der Waals surface area (Å²) in [6.45, 7) is -0.000480. The summed E-state index contributed by atoms with van der Waals surface area (Å²) in [5, 5.41) is 12.3. The number of carboxylic acid groups (broad SMARTS) is 1. The maximum absolute atomic E-state index is 13.0. The highest BCUT2D eigenvalue weighted by molar-refractivity contribution is 6.30. The van der Waals surface area contributed by atoms with Crippen molar-refractivity contribution in [2.24, 2.45) is 0 Å². The van der Waals surface area contributed by atoms with Gasteiger partial charge in [-0.05, 0) is 65.7 Å². The number of halogens is 1. The molecule has 0 aliphatic carbocycles. The Labute approximate surface area is 202 Å². The highest BCUT2D eigenvalue weighted by Crippen LogP contribution is 2.16. The van der Waals surface area contributed by atoms with E-state index in [1.807, 2.05) is 18.2 Å². The fraction of sp³-hybridized carbons (Fsp3) is 0.115. The number of nitrogens with one attached hydrogen (secondary N) is 1. The monoisotopic (exact) mass is 478 g/mol. The van der Waals surface area contributed by atoms with Crippen molar-refractivity contribution in [1.29, 1.82) is 0 Å². The Kier molecular flexibility index (Phi) is 8.43. The summed E-state index contributed by atoms with van der Waals surface area (Å²) in [6.07, 6.45) is 3.03. The molecule has 0 unspecified atom stereocenters. The summed E-state index contributed by atoms with van der Waals surface area (Å²) in [7, 11) is 1.57. The first-order valence-electron chi connectivity index (χ1n) is 10.3. The van der Waals surface area contributed by atoms with Crippen LogP contribution in [0.3, 0.4) is 0 Å². The number of ether oxygens (including phenoxy) is 1. The van der Waals surface area contributed by atoms with Crippen molar-refractivity contribution >= 4 is 41.1 Å². The normalized spacial score (nSPS) is 10.6. The molecule has 0 aliphatic heterocycles. The summed E-state index contributed by atoms with van der Waals surface area (Å²) >= 11 is 6.00. The van der Waals surface area contributed by atoms with Crippen molar-refractivity contribution in [3.63, 3.8) is 0 Å². The van der Waals surface area contributed by atoms with Crippen LogP contribution in [0.1, 0.15) is 21.5 Å². The first-order chi connectivity index (χ1) is 16.3. The number of amides is 2. The van der Waals surface area contributed by atoms with Crippen molar-refractivity contribution in [3.8, 4) is 5.75 Å². The summed E-state index contributed by atoms with van der Waals surface area (Å²) in [5.41, 5.74) is 2.12. The van der Waals surface area contributed by atoms with Gasteiger partial charge >= 0.3 is 5.97 Å². The van der Waals surface area contributed by atoms with Crippen LogP contribution in [0.4, 0.5) is 5.69 Å². The molecule has 8 heteroatoms. The van der Waals surface area contributed by atoms with Gasteiger partial charge in [0.25, 0.3) is 0 Å². The first-order valence-corrected chi connectivity index (χ1v) is 10.7. The van der Waals surface area contributed by atoms with Gasteiger partial charge in [0.05, 0.1) is 12.7 Å². The number of carbonyl (C=O) groups excluding carboxylic acids is 2. The molecule has 0 fully saturated rings. The van der Waals surface area contributed by atoms with Crippen LogP contribution in [0.5, 0.6) is 5.75 Å². The van der Waals surface area contributed by atoms with Gasteiger partial charge in [-0.1, -0.05) is 35.9 Å². The second-order valence-electron chi connectivity index (χ2n) is 7.36. The van der Waals surface area contributed by atoms with Gasteiger partial charge in [-0.25, -0.2) is 4.79 Å². The lowest BCUT2D eigenvalue weighted by Gasteiger charge is -2.21. The summed E-state index contributed by atoms with van der Waals surface area (Å²) < 4.78 is 5.17. The van der Waals surface area contributed by atoms with Crippen molar-refractivity contribution in [2.75, 3.05) is 19.0 Å². The lowest BCUT2D eigenvalue weighted by atomic mass is 10.2. The molecule has 34 heavy (non-hydrogen) atoms. The van der Waals surface area contributed by atoms with Crippen LogP contribution in [0.15, 0.2) is 78.9 Å². The van der Waals surface area contributed by atoms with Crippen molar-refractivity contribution in [2.45, 2.75) is 6.54 Å². The van der Waals surface area contributed by atoms with Gasteiger partial charge < -0.3 is 20.1 Å². The Morgan fingerprint density at radius 1 is 1.03 bits per heavy atom. The van der Waals surface area contributed by atoms with Crippen molar-refractivity contribution in [1.82, 2.24) is 4.90 Å². The van der Waals surface area contributed by atoms with Gasteiger partial charge in [0.1, 0.15) is 12.3 Å². The van der Waals surface area contributed by atoms with E-state index in [2.05, 4.69) is 5.32 Å². The van der Waals surface area contributed by atoms with E-state index >= 15 is 0 Å². The zero-order valence-electron chi connectivity index (χ0n) is 18.4. The van der Waals surface area contributed by atoms with Crippen LogP contribution in [0.2, 0.25) is 5.02 Å². The molecule has 2 N–H and O–H groups in total. The fourth-order valence-corrected chi connectivity index (χ4v) is 3.31. The van der Waals surface area contributed by atoms with Gasteiger partial charge in [-0.2, -0.15) is 0 Å². The highest BCUT2D eigenvalue weighted by atomic mass is 35.5. The summed E-state index contributed by atoms with van der Waals surface area (Å²) in [5.74, 6) is -1.14. The third-order valence-electron chi connectivity index (χ3n) is 4.86.